The van der Waals surface area contributed by atoms with E-state index in [2.05, 4.69) is 11.6 Å². The molecule has 18 heavy (non-hydrogen) atoms. The lowest BCUT2D eigenvalue weighted by atomic mass is 10.1. The van der Waals surface area contributed by atoms with Gasteiger partial charge >= 0.3 is 0 Å². The van der Waals surface area contributed by atoms with Crippen molar-refractivity contribution in [2.24, 2.45) is 11.8 Å². The number of aryl methyl sites for hydroxylation is 1. The predicted octanol–water partition coefficient (Wildman–Crippen LogP) is 1.90. The minimum Gasteiger partial charge on any atom is -0.399 e. The Hall–Kier alpha value is -1.07. The van der Waals surface area contributed by atoms with Crippen LogP contribution in [-0.4, -0.2) is 15.0 Å². The molecule has 0 spiro atoms. The van der Waals surface area contributed by atoms with Gasteiger partial charge in [-0.3, -0.25) is 0 Å². The van der Waals surface area contributed by atoms with Gasteiger partial charge in [-0.25, -0.2) is 13.1 Å². The molecular formula is C13H20N2O2S. The van der Waals surface area contributed by atoms with E-state index in [1.807, 2.05) is 0 Å². The maximum Gasteiger partial charge on any atom is 0.240 e. The average molecular weight is 268 g/mol. The standard InChI is InChI=1S/C13H20N2O2S/c1-9-7-12(14)5-6-13(9)18(16,17)15-8-10(2)11-3-4-11/h5-7,10-11,15H,3-4,8,14H2,1-2H3. The number of hydrogen-bond acceptors (Lipinski definition) is 3. The lowest BCUT2D eigenvalue weighted by Crippen LogP contribution is -2.29. The summed E-state index contributed by atoms with van der Waals surface area (Å²) < 4.78 is 27.0. The molecule has 0 aromatic heterocycles. The molecule has 0 heterocycles. The van der Waals surface area contributed by atoms with Crippen LogP contribution in [0.4, 0.5) is 5.69 Å². The molecule has 4 nitrogen and oxygen atoms in total. The van der Waals surface area contributed by atoms with Crippen molar-refractivity contribution in [3.63, 3.8) is 0 Å². The van der Waals surface area contributed by atoms with Crippen molar-refractivity contribution in [3.8, 4) is 0 Å². The van der Waals surface area contributed by atoms with Gasteiger partial charge in [0.2, 0.25) is 10.0 Å². The largest absolute Gasteiger partial charge is 0.399 e. The van der Waals surface area contributed by atoms with E-state index in [0.717, 1.165) is 0 Å². The number of sulfonamides is 1. The quantitative estimate of drug-likeness (QED) is 0.801. The number of benzene rings is 1. The van der Waals surface area contributed by atoms with Crippen LogP contribution in [0.25, 0.3) is 0 Å². The number of nitrogen functional groups attached to an aromatic ring is 1. The van der Waals surface area contributed by atoms with Gasteiger partial charge in [0.25, 0.3) is 0 Å². The molecule has 1 aliphatic rings. The van der Waals surface area contributed by atoms with Crippen LogP contribution in [0.1, 0.15) is 25.3 Å². The second-order valence-corrected chi connectivity index (χ2v) is 6.93. The van der Waals surface area contributed by atoms with Gasteiger partial charge in [-0.05, 0) is 55.4 Å². The minimum absolute atomic E-state index is 0.319. The molecule has 0 aliphatic heterocycles. The van der Waals surface area contributed by atoms with E-state index in [1.54, 1.807) is 25.1 Å². The molecule has 100 valence electrons. The Kier molecular flexibility index (Phi) is 3.64. The molecule has 0 amide bonds. The number of nitrogens with two attached hydrogens (primary N) is 1. The summed E-state index contributed by atoms with van der Waals surface area (Å²) in [6.45, 7) is 4.36. The first kappa shape index (κ1) is 13.4. The zero-order chi connectivity index (χ0) is 13.3. The summed E-state index contributed by atoms with van der Waals surface area (Å²) in [5.41, 5.74) is 6.89. The summed E-state index contributed by atoms with van der Waals surface area (Å²) in [5, 5.41) is 0. The Morgan fingerprint density at radius 1 is 1.44 bits per heavy atom. The maximum absolute atomic E-state index is 12.2. The molecular weight excluding hydrogens is 248 g/mol. The summed E-state index contributed by atoms with van der Waals surface area (Å²) in [6, 6.07) is 4.86. The summed E-state index contributed by atoms with van der Waals surface area (Å²) in [7, 11) is -3.41. The van der Waals surface area contributed by atoms with Crippen LogP contribution < -0.4 is 10.5 Å². The van der Waals surface area contributed by atoms with Gasteiger partial charge in [0.05, 0.1) is 4.90 Å². The topological polar surface area (TPSA) is 72.2 Å². The molecule has 0 saturated heterocycles. The van der Waals surface area contributed by atoms with E-state index in [-0.39, 0.29) is 0 Å². The van der Waals surface area contributed by atoms with E-state index < -0.39 is 10.0 Å². The third kappa shape index (κ3) is 3.03. The van der Waals surface area contributed by atoms with Gasteiger partial charge in [-0.2, -0.15) is 0 Å². The van der Waals surface area contributed by atoms with E-state index in [0.29, 0.717) is 34.5 Å². The highest BCUT2D eigenvalue weighted by molar-refractivity contribution is 7.89. The Morgan fingerprint density at radius 2 is 2.11 bits per heavy atom. The summed E-state index contributed by atoms with van der Waals surface area (Å²) >= 11 is 0. The minimum atomic E-state index is -3.41. The van der Waals surface area contributed by atoms with Gasteiger partial charge in [-0.1, -0.05) is 6.92 Å². The van der Waals surface area contributed by atoms with Crippen molar-refractivity contribution in [1.82, 2.24) is 4.72 Å². The number of hydrogen-bond donors (Lipinski definition) is 2. The van der Waals surface area contributed by atoms with E-state index in [1.165, 1.54) is 12.8 Å². The monoisotopic (exact) mass is 268 g/mol. The number of anilines is 1. The van der Waals surface area contributed by atoms with Crippen LogP contribution in [0, 0.1) is 18.8 Å². The van der Waals surface area contributed by atoms with Gasteiger partial charge in [0.1, 0.15) is 0 Å². The molecule has 3 N–H and O–H groups in total. The molecule has 0 radical (unpaired) electrons. The molecule has 1 unspecified atom stereocenters. The van der Waals surface area contributed by atoms with Crippen molar-refractivity contribution in [3.05, 3.63) is 23.8 Å². The number of nitrogens with one attached hydrogen (secondary N) is 1. The average Bonchev–Trinajstić information content (AvgIpc) is 3.09. The predicted molar refractivity (Wildman–Crippen MR) is 72.7 cm³/mol. The second-order valence-electron chi connectivity index (χ2n) is 5.19. The molecule has 1 aromatic rings. The van der Waals surface area contributed by atoms with Gasteiger partial charge in [0, 0.05) is 12.2 Å². The lowest BCUT2D eigenvalue weighted by molar-refractivity contribution is 0.491. The first-order valence-electron chi connectivity index (χ1n) is 6.26. The Bertz CT molecular complexity index is 536. The molecule has 1 saturated carbocycles. The van der Waals surface area contributed by atoms with Crippen LogP contribution in [0.3, 0.4) is 0 Å². The van der Waals surface area contributed by atoms with E-state index in [4.69, 9.17) is 5.73 Å². The third-order valence-corrected chi connectivity index (χ3v) is 5.09. The third-order valence-electron chi connectivity index (χ3n) is 3.51. The van der Waals surface area contributed by atoms with Crippen LogP contribution >= 0.6 is 0 Å². The van der Waals surface area contributed by atoms with Crippen molar-refractivity contribution in [2.75, 3.05) is 12.3 Å². The molecule has 1 atom stereocenters. The Labute approximate surface area is 109 Å². The highest BCUT2D eigenvalue weighted by Gasteiger charge is 2.29. The zero-order valence-corrected chi connectivity index (χ0v) is 11.6. The Balaban J connectivity index is 2.09. The first-order valence-corrected chi connectivity index (χ1v) is 7.74. The van der Waals surface area contributed by atoms with Crippen molar-refractivity contribution >= 4 is 15.7 Å². The summed E-state index contributed by atoms with van der Waals surface area (Å²) in [4.78, 5) is 0.319. The van der Waals surface area contributed by atoms with Crippen LogP contribution in [0.5, 0.6) is 0 Å². The molecule has 1 fully saturated rings. The first-order chi connectivity index (χ1) is 8.40. The highest BCUT2D eigenvalue weighted by atomic mass is 32.2. The Morgan fingerprint density at radius 3 is 2.67 bits per heavy atom. The van der Waals surface area contributed by atoms with Crippen molar-refractivity contribution < 1.29 is 8.42 Å². The van der Waals surface area contributed by atoms with Crippen molar-refractivity contribution in [1.29, 1.82) is 0 Å². The molecule has 2 rings (SSSR count). The number of rotatable bonds is 5. The maximum atomic E-state index is 12.2. The SMILES string of the molecule is Cc1cc(N)ccc1S(=O)(=O)NCC(C)C1CC1. The van der Waals surface area contributed by atoms with Crippen LogP contribution in [0.2, 0.25) is 0 Å². The smallest absolute Gasteiger partial charge is 0.240 e. The van der Waals surface area contributed by atoms with E-state index >= 15 is 0 Å². The van der Waals surface area contributed by atoms with E-state index in [9.17, 15) is 8.42 Å². The molecule has 5 heteroatoms. The van der Waals surface area contributed by atoms with Crippen LogP contribution in [-0.2, 0) is 10.0 Å². The second kappa shape index (κ2) is 4.90. The molecule has 0 bridgehead atoms. The van der Waals surface area contributed by atoms with Gasteiger partial charge in [-0.15, -0.1) is 0 Å². The van der Waals surface area contributed by atoms with Gasteiger partial charge < -0.3 is 5.73 Å². The lowest BCUT2D eigenvalue weighted by Gasteiger charge is -2.13. The van der Waals surface area contributed by atoms with Gasteiger partial charge in [0.15, 0.2) is 0 Å². The molecule has 1 aliphatic carbocycles. The molecule has 1 aromatic carbocycles. The fraction of sp³-hybridized carbons (Fsp3) is 0.538. The van der Waals surface area contributed by atoms with Crippen molar-refractivity contribution in [2.45, 2.75) is 31.6 Å². The normalized spacial score (nSPS) is 17.7. The highest BCUT2D eigenvalue weighted by Crippen LogP contribution is 2.36. The van der Waals surface area contributed by atoms with Crippen LogP contribution in [0.15, 0.2) is 23.1 Å². The fourth-order valence-electron chi connectivity index (χ4n) is 2.12. The summed E-state index contributed by atoms with van der Waals surface area (Å²) in [5.74, 6) is 1.11. The zero-order valence-electron chi connectivity index (χ0n) is 10.8. The fourth-order valence-corrected chi connectivity index (χ4v) is 3.49. The summed E-state index contributed by atoms with van der Waals surface area (Å²) in [6.07, 6.45) is 2.45.